The third-order valence-corrected chi connectivity index (χ3v) is 4.71. The number of nitrogens with zero attached hydrogens (tertiary/aromatic N) is 1. The van der Waals surface area contributed by atoms with Crippen LogP contribution in [-0.4, -0.2) is 34.0 Å². The van der Waals surface area contributed by atoms with Crippen LogP contribution in [0.2, 0.25) is 0 Å². The summed E-state index contributed by atoms with van der Waals surface area (Å²) in [6.45, 7) is 8.15. The van der Waals surface area contributed by atoms with Gasteiger partial charge in [0.25, 0.3) is 0 Å². The average Bonchev–Trinajstić information content (AvgIpc) is 2.46. The Morgan fingerprint density at radius 1 is 1.05 bits per heavy atom. The first-order valence-electron chi connectivity index (χ1n) is 7.12. The Morgan fingerprint density at radius 2 is 1.58 bits per heavy atom. The van der Waals surface area contributed by atoms with Gasteiger partial charge in [-0.3, -0.25) is 14.5 Å². The van der Waals surface area contributed by atoms with Gasteiger partial charge in [-0.15, -0.1) is 0 Å². The summed E-state index contributed by atoms with van der Waals surface area (Å²) in [5, 5.41) is 10.6. The molecule has 2 amide bonds. The summed E-state index contributed by atoms with van der Waals surface area (Å²) in [5.74, 6) is -0.288. The van der Waals surface area contributed by atoms with Gasteiger partial charge in [0, 0.05) is 6.42 Å². The van der Waals surface area contributed by atoms with E-state index in [1.165, 1.54) is 4.90 Å². The van der Waals surface area contributed by atoms with E-state index in [9.17, 15) is 14.7 Å². The van der Waals surface area contributed by atoms with Crippen molar-refractivity contribution in [2.45, 2.75) is 65.4 Å². The van der Waals surface area contributed by atoms with Crippen molar-refractivity contribution in [2.24, 2.45) is 10.8 Å². The van der Waals surface area contributed by atoms with E-state index in [2.05, 4.69) is 13.8 Å². The zero-order valence-electron chi connectivity index (χ0n) is 12.5. The molecule has 0 atom stereocenters. The van der Waals surface area contributed by atoms with E-state index in [1.807, 2.05) is 0 Å². The van der Waals surface area contributed by atoms with Gasteiger partial charge in [0.1, 0.15) is 0 Å². The van der Waals surface area contributed by atoms with Gasteiger partial charge in [-0.25, -0.2) is 0 Å². The Morgan fingerprint density at radius 3 is 2.00 bits per heavy atom. The number of β-amino-alcohol motifs (C(OH)–C–C–N with tert-alkyl or cyclic N) is 1. The molecule has 0 aromatic carbocycles. The molecule has 0 radical (unpaired) electrons. The van der Waals surface area contributed by atoms with Crippen LogP contribution in [0.4, 0.5) is 0 Å². The van der Waals surface area contributed by atoms with Crippen LogP contribution in [0.1, 0.15) is 59.8 Å². The monoisotopic (exact) mass is 267 g/mol. The molecular weight excluding hydrogens is 242 g/mol. The number of hydrogen-bond donors (Lipinski definition) is 1. The van der Waals surface area contributed by atoms with Crippen LogP contribution in [0.3, 0.4) is 0 Å². The van der Waals surface area contributed by atoms with Crippen molar-refractivity contribution >= 4 is 11.8 Å². The van der Waals surface area contributed by atoms with Gasteiger partial charge >= 0.3 is 0 Å². The summed E-state index contributed by atoms with van der Waals surface area (Å²) in [4.78, 5) is 25.4. The van der Waals surface area contributed by atoms with Crippen molar-refractivity contribution in [2.75, 3.05) is 6.54 Å². The summed E-state index contributed by atoms with van der Waals surface area (Å²) in [7, 11) is 0. The maximum Gasteiger partial charge on any atom is 0.235 e. The van der Waals surface area contributed by atoms with Crippen molar-refractivity contribution in [3.8, 4) is 0 Å². The number of aliphatic hydroxyl groups is 1. The van der Waals surface area contributed by atoms with Crippen molar-refractivity contribution in [1.29, 1.82) is 0 Å². The van der Waals surface area contributed by atoms with Gasteiger partial charge in [0.15, 0.2) is 0 Å². The zero-order chi connectivity index (χ0) is 14.5. The van der Waals surface area contributed by atoms with Crippen molar-refractivity contribution in [3.63, 3.8) is 0 Å². The second-order valence-corrected chi connectivity index (χ2v) is 7.73. The predicted octanol–water partition coefficient (Wildman–Crippen LogP) is 2.10. The molecule has 1 heterocycles. The van der Waals surface area contributed by atoms with E-state index in [1.54, 1.807) is 13.8 Å². The first kappa shape index (κ1) is 14.5. The maximum atomic E-state index is 12.2. The Bertz CT molecular complexity index is 402. The summed E-state index contributed by atoms with van der Waals surface area (Å²) in [5.41, 5.74) is -1.24. The fourth-order valence-electron chi connectivity index (χ4n) is 3.03. The minimum atomic E-state index is -0.888. The number of carbonyl (C=O) groups is 2. The maximum absolute atomic E-state index is 12.2. The predicted molar refractivity (Wildman–Crippen MR) is 72.3 cm³/mol. The molecule has 4 heteroatoms. The Kier molecular flexibility index (Phi) is 3.28. The van der Waals surface area contributed by atoms with Gasteiger partial charge in [0.05, 0.1) is 17.6 Å². The standard InChI is InChI=1S/C15H25NO3/c1-13(2)5-7-15(19,8-6-13)10-16-11(17)9-14(3,4)12(16)18/h19H,5-10H2,1-4H3. The molecule has 4 nitrogen and oxygen atoms in total. The highest BCUT2D eigenvalue weighted by Gasteiger charge is 2.48. The molecule has 0 bridgehead atoms. The SMILES string of the molecule is CC1(C)CCC(O)(CN2C(=O)CC(C)(C)C2=O)CC1. The van der Waals surface area contributed by atoms with Crippen molar-refractivity contribution < 1.29 is 14.7 Å². The quantitative estimate of drug-likeness (QED) is 0.779. The highest BCUT2D eigenvalue weighted by atomic mass is 16.3. The summed E-state index contributed by atoms with van der Waals surface area (Å²) in [6, 6.07) is 0. The van der Waals surface area contributed by atoms with Gasteiger partial charge in [-0.1, -0.05) is 27.7 Å². The summed E-state index contributed by atoms with van der Waals surface area (Å²) < 4.78 is 0. The van der Waals surface area contributed by atoms with Gasteiger partial charge in [0.2, 0.25) is 11.8 Å². The van der Waals surface area contributed by atoms with Crippen LogP contribution in [0.25, 0.3) is 0 Å². The topological polar surface area (TPSA) is 57.6 Å². The molecule has 2 aliphatic rings. The first-order chi connectivity index (χ1) is 8.55. The highest BCUT2D eigenvalue weighted by molar-refractivity contribution is 6.05. The number of imide groups is 1. The van der Waals surface area contributed by atoms with Crippen LogP contribution in [0, 0.1) is 10.8 Å². The normalized spacial score (nSPS) is 28.8. The molecule has 1 N–H and O–H groups in total. The molecule has 1 aliphatic carbocycles. The number of amides is 2. The summed E-state index contributed by atoms with van der Waals surface area (Å²) in [6.07, 6.45) is 3.45. The number of rotatable bonds is 2. The van der Waals surface area contributed by atoms with E-state index in [4.69, 9.17) is 0 Å². The Labute approximate surface area is 115 Å². The van der Waals surface area contributed by atoms with E-state index >= 15 is 0 Å². The smallest absolute Gasteiger partial charge is 0.235 e. The van der Waals surface area contributed by atoms with Crippen LogP contribution in [-0.2, 0) is 9.59 Å². The van der Waals surface area contributed by atoms with E-state index < -0.39 is 11.0 Å². The zero-order valence-corrected chi connectivity index (χ0v) is 12.5. The number of carbonyl (C=O) groups excluding carboxylic acids is 2. The lowest BCUT2D eigenvalue weighted by molar-refractivity contribution is -0.146. The molecule has 2 rings (SSSR count). The number of hydrogen-bond acceptors (Lipinski definition) is 3. The molecule has 1 aliphatic heterocycles. The Hall–Kier alpha value is -0.900. The van der Waals surface area contributed by atoms with Crippen LogP contribution >= 0.6 is 0 Å². The largest absolute Gasteiger partial charge is 0.388 e. The second kappa shape index (κ2) is 4.30. The van der Waals surface area contributed by atoms with Gasteiger partial charge < -0.3 is 5.11 Å². The van der Waals surface area contributed by atoms with Crippen LogP contribution in [0.15, 0.2) is 0 Å². The molecular formula is C15H25NO3. The molecule has 0 spiro atoms. The lowest BCUT2D eigenvalue weighted by Gasteiger charge is -2.41. The fourth-order valence-corrected chi connectivity index (χ4v) is 3.03. The van der Waals surface area contributed by atoms with Crippen molar-refractivity contribution in [1.82, 2.24) is 4.90 Å². The molecule has 2 fully saturated rings. The molecule has 0 unspecified atom stereocenters. The average molecular weight is 267 g/mol. The molecule has 0 aromatic rings. The fraction of sp³-hybridized carbons (Fsp3) is 0.867. The summed E-state index contributed by atoms with van der Waals surface area (Å²) >= 11 is 0. The molecule has 108 valence electrons. The molecule has 1 saturated carbocycles. The third-order valence-electron chi connectivity index (χ3n) is 4.71. The molecule has 19 heavy (non-hydrogen) atoms. The lowest BCUT2D eigenvalue weighted by atomic mass is 9.71. The van der Waals surface area contributed by atoms with Crippen molar-refractivity contribution in [3.05, 3.63) is 0 Å². The first-order valence-corrected chi connectivity index (χ1v) is 7.12. The van der Waals surface area contributed by atoms with Crippen LogP contribution < -0.4 is 0 Å². The highest BCUT2D eigenvalue weighted by Crippen LogP contribution is 2.42. The van der Waals surface area contributed by atoms with E-state index in [0.29, 0.717) is 12.8 Å². The van der Waals surface area contributed by atoms with E-state index in [0.717, 1.165) is 12.8 Å². The second-order valence-electron chi connectivity index (χ2n) is 7.73. The third kappa shape index (κ3) is 2.83. The van der Waals surface area contributed by atoms with Gasteiger partial charge in [-0.2, -0.15) is 0 Å². The Balaban J connectivity index is 2.06. The lowest BCUT2D eigenvalue weighted by Crippen LogP contribution is -2.49. The van der Waals surface area contributed by atoms with E-state index in [-0.39, 0.29) is 30.2 Å². The minimum absolute atomic E-state index is 0.143. The molecule has 0 aromatic heterocycles. The minimum Gasteiger partial charge on any atom is -0.388 e. The van der Waals surface area contributed by atoms with Crippen LogP contribution in [0.5, 0.6) is 0 Å². The molecule has 1 saturated heterocycles. The number of likely N-dealkylation sites (tertiary alicyclic amines) is 1. The van der Waals surface area contributed by atoms with Gasteiger partial charge in [-0.05, 0) is 31.1 Å².